The van der Waals surface area contributed by atoms with Crippen molar-refractivity contribution in [3.05, 3.63) is 33.7 Å². The van der Waals surface area contributed by atoms with Crippen LogP contribution in [0.3, 0.4) is 0 Å². The highest BCUT2D eigenvalue weighted by Crippen LogP contribution is 2.28. The Labute approximate surface area is 94.8 Å². The zero-order valence-corrected chi connectivity index (χ0v) is 9.93. The van der Waals surface area contributed by atoms with E-state index < -0.39 is 0 Å². The number of benzene rings is 1. The van der Waals surface area contributed by atoms with Gasteiger partial charge in [0.1, 0.15) is 5.82 Å². The molecule has 0 unspecified atom stereocenters. The van der Waals surface area contributed by atoms with E-state index in [1.165, 1.54) is 6.07 Å². The molecule has 4 heteroatoms. The minimum atomic E-state index is -0.311. The lowest BCUT2D eigenvalue weighted by atomic mass is 10.1. The van der Waals surface area contributed by atoms with Crippen molar-refractivity contribution < 1.29 is 9.18 Å². The zero-order chi connectivity index (χ0) is 11.2. The highest BCUT2D eigenvalue weighted by atomic mass is 79.9. The van der Waals surface area contributed by atoms with Crippen molar-refractivity contribution in [1.82, 2.24) is 4.57 Å². The summed E-state index contributed by atoms with van der Waals surface area (Å²) in [5, 5.41) is 0.778. The maximum absolute atomic E-state index is 13.3. The number of hydrogen-bond acceptors (Lipinski definition) is 1. The summed E-state index contributed by atoms with van der Waals surface area (Å²) in [6.45, 7) is 1.82. The Balaban J connectivity index is 2.96. The van der Waals surface area contributed by atoms with Gasteiger partial charge < -0.3 is 4.57 Å². The van der Waals surface area contributed by atoms with Gasteiger partial charge in [0.2, 0.25) is 0 Å². The van der Waals surface area contributed by atoms with E-state index in [-0.39, 0.29) is 5.82 Å². The second-order valence-corrected chi connectivity index (χ2v) is 4.32. The van der Waals surface area contributed by atoms with Gasteiger partial charge in [-0.1, -0.05) is 0 Å². The molecule has 2 rings (SSSR count). The Hall–Kier alpha value is -1.16. The molecule has 78 valence electrons. The van der Waals surface area contributed by atoms with Crippen LogP contribution in [0, 0.1) is 12.7 Å². The van der Waals surface area contributed by atoms with Gasteiger partial charge >= 0.3 is 0 Å². The summed E-state index contributed by atoms with van der Waals surface area (Å²) in [7, 11) is 1.80. The SMILES string of the molecule is Cc1c(C=O)n(C)c2cc(Br)c(F)cc12. The standard InChI is InChI=1S/C11H9BrFNO/c1-6-7-3-9(13)8(12)4-10(7)14(2)11(6)5-15/h3-5H,1-2H3. The van der Waals surface area contributed by atoms with Crippen LogP contribution in [0.4, 0.5) is 4.39 Å². The third-order valence-electron chi connectivity index (χ3n) is 2.66. The Kier molecular flexibility index (Phi) is 2.38. The maximum atomic E-state index is 13.3. The van der Waals surface area contributed by atoms with Crippen LogP contribution in [0.2, 0.25) is 0 Å². The lowest BCUT2D eigenvalue weighted by Crippen LogP contribution is -1.94. The summed E-state index contributed by atoms with van der Waals surface area (Å²) in [6, 6.07) is 3.13. The summed E-state index contributed by atoms with van der Waals surface area (Å²) in [6.07, 6.45) is 0.793. The number of carbonyl (C=O) groups excluding carboxylic acids is 1. The number of rotatable bonds is 1. The zero-order valence-electron chi connectivity index (χ0n) is 8.34. The summed E-state index contributed by atoms with van der Waals surface area (Å²) < 4.78 is 15.5. The van der Waals surface area contributed by atoms with Gasteiger partial charge in [0.05, 0.1) is 10.2 Å². The molecular formula is C11H9BrFNO. The van der Waals surface area contributed by atoms with E-state index in [4.69, 9.17) is 0 Å². The molecule has 0 bridgehead atoms. The lowest BCUT2D eigenvalue weighted by molar-refractivity contribution is 0.111. The molecule has 1 aromatic carbocycles. The highest BCUT2D eigenvalue weighted by molar-refractivity contribution is 9.10. The number of hydrogen-bond donors (Lipinski definition) is 0. The molecule has 0 spiro atoms. The minimum Gasteiger partial charge on any atom is -0.341 e. The van der Waals surface area contributed by atoms with Crippen molar-refractivity contribution in [2.24, 2.45) is 7.05 Å². The van der Waals surface area contributed by atoms with E-state index in [2.05, 4.69) is 15.9 Å². The maximum Gasteiger partial charge on any atom is 0.166 e. The van der Waals surface area contributed by atoms with Gasteiger partial charge in [0.25, 0.3) is 0 Å². The molecule has 0 saturated heterocycles. The van der Waals surface area contributed by atoms with E-state index >= 15 is 0 Å². The number of aromatic nitrogens is 1. The second kappa shape index (κ2) is 3.45. The topological polar surface area (TPSA) is 22.0 Å². The number of fused-ring (bicyclic) bond motifs is 1. The van der Waals surface area contributed by atoms with Crippen molar-refractivity contribution >= 4 is 33.1 Å². The van der Waals surface area contributed by atoms with E-state index in [9.17, 15) is 9.18 Å². The van der Waals surface area contributed by atoms with Crippen molar-refractivity contribution in [3.63, 3.8) is 0 Å². The molecule has 0 fully saturated rings. The average Bonchev–Trinajstić information content (AvgIpc) is 2.42. The molecule has 0 aliphatic carbocycles. The first-order valence-electron chi connectivity index (χ1n) is 4.45. The quantitative estimate of drug-likeness (QED) is 0.729. The van der Waals surface area contributed by atoms with Crippen LogP contribution in [0.25, 0.3) is 10.9 Å². The largest absolute Gasteiger partial charge is 0.341 e. The summed E-state index contributed by atoms with van der Waals surface area (Å²) >= 11 is 3.13. The Morgan fingerprint density at radius 2 is 2.13 bits per heavy atom. The lowest BCUT2D eigenvalue weighted by Gasteiger charge is -1.99. The predicted molar refractivity (Wildman–Crippen MR) is 60.7 cm³/mol. The first-order chi connectivity index (χ1) is 7.06. The molecule has 1 aromatic heterocycles. The van der Waals surface area contributed by atoms with E-state index in [0.717, 1.165) is 22.8 Å². The van der Waals surface area contributed by atoms with Gasteiger partial charge in [0, 0.05) is 18.0 Å². The van der Waals surface area contributed by atoms with Crippen LogP contribution in [0.5, 0.6) is 0 Å². The van der Waals surface area contributed by atoms with Crippen molar-refractivity contribution in [2.75, 3.05) is 0 Å². The van der Waals surface area contributed by atoms with Crippen LogP contribution >= 0.6 is 15.9 Å². The molecule has 1 heterocycles. The van der Waals surface area contributed by atoms with Gasteiger partial charge in [-0.2, -0.15) is 0 Å². The number of aldehydes is 1. The summed E-state index contributed by atoms with van der Waals surface area (Å²) in [4.78, 5) is 10.9. The number of aryl methyl sites for hydroxylation is 2. The highest BCUT2D eigenvalue weighted by Gasteiger charge is 2.13. The van der Waals surface area contributed by atoms with Crippen LogP contribution in [-0.4, -0.2) is 10.9 Å². The van der Waals surface area contributed by atoms with Gasteiger partial charge in [-0.3, -0.25) is 4.79 Å². The van der Waals surface area contributed by atoms with E-state index in [0.29, 0.717) is 10.2 Å². The van der Waals surface area contributed by atoms with Crippen molar-refractivity contribution in [1.29, 1.82) is 0 Å². The van der Waals surface area contributed by atoms with Gasteiger partial charge in [-0.25, -0.2) is 4.39 Å². The first-order valence-corrected chi connectivity index (χ1v) is 5.24. The molecule has 0 radical (unpaired) electrons. The average molecular weight is 270 g/mol. The molecule has 15 heavy (non-hydrogen) atoms. The van der Waals surface area contributed by atoms with E-state index in [1.807, 2.05) is 6.92 Å². The monoisotopic (exact) mass is 269 g/mol. The van der Waals surface area contributed by atoms with Gasteiger partial charge in [-0.05, 0) is 40.5 Å². The van der Waals surface area contributed by atoms with Gasteiger partial charge in [-0.15, -0.1) is 0 Å². The van der Waals surface area contributed by atoms with E-state index in [1.54, 1.807) is 17.7 Å². The minimum absolute atomic E-state index is 0.311. The Morgan fingerprint density at radius 1 is 1.47 bits per heavy atom. The molecule has 0 amide bonds. The fraction of sp³-hybridized carbons (Fsp3) is 0.182. The molecule has 0 N–H and O–H groups in total. The molecule has 2 nitrogen and oxygen atoms in total. The van der Waals surface area contributed by atoms with Crippen LogP contribution < -0.4 is 0 Å². The molecular weight excluding hydrogens is 261 g/mol. The van der Waals surface area contributed by atoms with Crippen molar-refractivity contribution in [3.8, 4) is 0 Å². The normalized spacial score (nSPS) is 10.9. The molecule has 0 aliphatic heterocycles. The Morgan fingerprint density at radius 3 is 2.73 bits per heavy atom. The smallest absolute Gasteiger partial charge is 0.166 e. The molecule has 0 saturated carbocycles. The second-order valence-electron chi connectivity index (χ2n) is 3.47. The molecule has 2 aromatic rings. The number of carbonyl (C=O) groups is 1. The molecule has 0 atom stereocenters. The summed E-state index contributed by atoms with van der Waals surface area (Å²) in [5.41, 5.74) is 2.25. The third kappa shape index (κ3) is 1.40. The van der Waals surface area contributed by atoms with Crippen LogP contribution in [-0.2, 0) is 7.05 Å². The summed E-state index contributed by atoms with van der Waals surface area (Å²) in [5.74, 6) is -0.311. The predicted octanol–water partition coefficient (Wildman–Crippen LogP) is 3.20. The van der Waals surface area contributed by atoms with Gasteiger partial charge in [0.15, 0.2) is 6.29 Å². The fourth-order valence-electron chi connectivity index (χ4n) is 1.80. The molecule has 0 aliphatic rings. The number of nitrogens with zero attached hydrogens (tertiary/aromatic N) is 1. The first kappa shape index (κ1) is 10.4. The van der Waals surface area contributed by atoms with Crippen molar-refractivity contribution in [2.45, 2.75) is 6.92 Å². The third-order valence-corrected chi connectivity index (χ3v) is 3.27. The number of halogens is 2. The fourth-order valence-corrected chi connectivity index (χ4v) is 2.13. The van der Waals surface area contributed by atoms with Crippen LogP contribution in [0.1, 0.15) is 16.1 Å². The van der Waals surface area contributed by atoms with Crippen LogP contribution in [0.15, 0.2) is 16.6 Å². The Bertz CT molecular complexity index is 514.